The number of benzene rings is 1. The first-order chi connectivity index (χ1) is 11.8. The number of ether oxygens (including phenoxy) is 1. The Morgan fingerprint density at radius 1 is 1.33 bits per heavy atom. The zero-order chi connectivity index (χ0) is 16.5. The predicted molar refractivity (Wildman–Crippen MR) is 93.2 cm³/mol. The molecule has 126 valence electrons. The van der Waals surface area contributed by atoms with E-state index in [2.05, 4.69) is 5.16 Å². The largest absolute Gasteiger partial charge is 0.380 e. The van der Waals surface area contributed by atoms with Crippen LogP contribution in [0.15, 0.2) is 34.9 Å². The van der Waals surface area contributed by atoms with Crippen molar-refractivity contribution >= 4 is 17.7 Å². The van der Waals surface area contributed by atoms with Crippen LogP contribution >= 0.6 is 11.8 Å². The fraction of sp³-hybridized carbons (Fsp3) is 0.444. The molecule has 0 N–H and O–H groups in total. The summed E-state index contributed by atoms with van der Waals surface area (Å²) in [6.07, 6.45) is 0.897. The third kappa shape index (κ3) is 2.74. The summed E-state index contributed by atoms with van der Waals surface area (Å²) in [5, 5.41) is 4.53. The topological polar surface area (TPSA) is 55.6 Å². The van der Waals surface area contributed by atoms with Gasteiger partial charge in [-0.15, -0.1) is 0 Å². The lowest BCUT2D eigenvalue weighted by Gasteiger charge is -2.43. The fourth-order valence-electron chi connectivity index (χ4n) is 3.50. The van der Waals surface area contributed by atoms with E-state index in [-0.39, 0.29) is 11.9 Å². The van der Waals surface area contributed by atoms with Gasteiger partial charge in [-0.2, -0.15) is 11.8 Å². The van der Waals surface area contributed by atoms with Crippen LogP contribution in [-0.4, -0.2) is 52.8 Å². The van der Waals surface area contributed by atoms with Crippen LogP contribution in [0, 0.1) is 6.92 Å². The molecule has 6 heteroatoms. The van der Waals surface area contributed by atoms with E-state index in [1.807, 2.05) is 53.9 Å². The Hall–Kier alpha value is -1.79. The number of aromatic nitrogens is 1. The lowest BCUT2D eigenvalue weighted by molar-refractivity contribution is 0.0318. The minimum Gasteiger partial charge on any atom is -0.380 e. The first-order valence-electron chi connectivity index (χ1n) is 8.27. The van der Waals surface area contributed by atoms with Crippen LogP contribution in [0.2, 0.25) is 0 Å². The lowest BCUT2D eigenvalue weighted by atomic mass is 10.0. The van der Waals surface area contributed by atoms with Crippen molar-refractivity contribution in [3.8, 4) is 11.3 Å². The molecule has 4 rings (SSSR count). The summed E-state index contributed by atoms with van der Waals surface area (Å²) < 4.78 is 11.0. The van der Waals surface area contributed by atoms with Crippen molar-refractivity contribution in [2.75, 3.05) is 25.5 Å². The average Bonchev–Trinajstić information content (AvgIpc) is 3.03. The maximum absolute atomic E-state index is 13.3. The lowest BCUT2D eigenvalue weighted by Crippen LogP contribution is -2.54. The smallest absolute Gasteiger partial charge is 0.260 e. The third-order valence-corrected chi connectivity index (χ3v) is 6.02. The number of fused-ring (bicyclic) bond motifs is 1. The van der Waals surface area contributed by atoms with Crippen LogP contribution in [0.3, 0.4) is 0 Å². The summed E-state index contributed by atoms with van der Waals surface area (Å²) in [6.45, 7) is 4.03. The van der Waals surface area contributed by atoms with E-state index < -0.39 is 0 Å². The number of aryl methyl sites for hydroxylation is 1. The van der Waals surface area contributed by atoms with Crippen LogP contribution in [0.1, 0.15) is 22.5 Å². The number of thioether (sulfide) groups is 1. The van der Waals surface area contributed by atoms with Crippen molar-refractivity contribution in [1.82, 2.24) is 10.1 Å². The number of carbonyl (C=O) groups excluding carboxylic acids is 1. The van der Waals surface area contributed by atoms with E-state index in [4.69, 9.17) is 9.26 Å². The van der Waals surface area contributed by atoms with Crippen LogP contribution in [0.4, 0.5) is 0 Å². The van der Waals surface area contributed by atoms with Crippen LogP contribution < -0.4 is 0 Å². The van der Waals surface area contributed by atoms with E-state index in [1.165, 1.54) is 0 Å². The number of nitrogens with zero attached hydrogens (tertiary/aromatic N) is 2. The molecular formula is C18H20N2O3S. The number of rotatable bonds is 2. The summed E-state index contributed by atoms with van der Waals surface area (Å²) in [6, 6.07) is 9.99. The maximum Gasteiger partial charge on any atom is 0.260 e. The Balaban J connectivity index is 1.68. The average molecular weight is 344 g/mol. The first kappa shape index (κ1) is 15.7. The molecular weight excluding hydrogens is 324 g/mol. The minimum atomic E-state index is 0.0322. The van der Waals surface area contributed by atoms with Gasteiger partial charge in [-0.1, -0.05) is 35.5 Å². The Bertz CT molecular complexity index is 729. The van der Waals surface area contributed by atoms with Crippen molar-refractivity contribution in [1.29, 1.82) is 0 Å². The Labute approximate surface area is 145 Å². The highest BCUT2D eigenvalue weighted by atomic mass is 32.2. The van der Waals surface area contributed by atoms with Crippen LogP contribution in [-0.2, 0) is 4.74 Å². The summed E-state index contributed by atoms with van der Waals surface area (Å²) in [7, 11) is 0. The highest BCUT2D eigenvalue weighted by Gasteiger charge is 2.39. The van der Waals surface area contributed by atoms with Gasteiger partial charge in [0, 0.05) is 35.8 Å². The predicted octanol–water partition coefficient (Wildman–Crippen LogP) is 3.00. The molecule has 2 aromatic rings. The van der Waals surface area contributed by atoms with Gasteiger partial charge in [-0.25, -0.2) is 0 Å². The second-order valence-electron chi connectivity index (χ2n) is 6.17. The monoisotopic (exact) mass is 344 g/mol. The van der Waals surface area contributed by atoms with Gasteiger partial charge in [0.05, 0.1) is 6.61 Å². The van der Waals surface area contributed by atoms with Crippen molar-refractivity contribution in [2.45, 2.75) is 24.6 Å². The quantitative estimate of drug-likeness (QED) is 0.838. The molecule has 5 nitrogen and oxygen atoms in total. The molecule has 1 aromatic heterocycles. The summed E-state index contributed by atoms with van der Waals surface area (Å²) >= 11 is 1.91. The SMILES string of the molecule is Cc1onc(-c2ccccc2)c1C(=O)N1CCS[C@@H]2COCC[C@@H]21. The molecule has 1 aromatic carbocycles. The molecule has 2 atom stereocenters. The molecule has 0 unspecified atom stereocenters. The first-order valence-corrected chi connectivity index (χ1v) is 9.32. The second-order valence-corrected chi connectivity index (χ2v) is 7.51. The van der Waals surface area contributed by atoms with E-state index in [0.29, 0.717) is 22.3 Å². The fourth-order valence-corrected chi connectivity index (χ4v) is 4.80. The van der Waals surface area contributed by atoms with Gasteiger partial charge in [0.2, 0.25) is 0 Å². The summed E-state index contributed by atoms with van der Waals surface area (Å²) in [4.78, 5) is 15.3. The molecule has 0 bridgehead atoms. The number of hydrogen-bond acceptors (Lipinski definition) is 5. The van der Waals surface area contributed by atoms with Crippen molar-refractivity contribution < 1.29 is 14.1 Å². The summed E-state index contributed by atoms with van der Waals surface area (Å²) in [5.41, 5.74) is 2.14. The number of carbonyl (C=O) groups is 1. The van der Waals surface area contributed by atoms with E-state index in [9.17, 15) is 4.79 Å². The molecule has 2 aliphatic heterocycles. The molecule has 24 heavy (non-hydrogen) atoms. The van der Waals surface area contributed by atoms with E-state index >= 15 is 0 Å². The molecule has 0 saturated carbocycles. The van der Waals surface area contributed by atoms with Gasteiger partial charge in [-0.05, 0) is 13.3 Å². The van der Waals surface area contributed by atoms with Crippen LogP contribution in [0.25, 0.3) is 11.3 Å². The van der Waals surface area contributed by atoms with Gasteiger partial charge in [0.25, 0.3) is 5.91 Å². The third-order valence-electron chi connectivity index (χ3n) is 4.72. The molecule has 2 aliphatic rings. The van der Waals surface area contributed by atoms with Gasteiger partial charge < -0.3 is 14.2 Å². The van der Waals surface area contributed by atoms with Gasteiger partial charge >= 0.3 is 0 Å². The Kier molecular flexibility index (Phi) is 4.33. The van der Waals surface area contributed by atoms with Gasteiger partial charge in [0.15, 0.2) is 0 Å². The maximum atomic E-state index is 13.3. The minimum absolute atomic E-state index is 0.0322. The molecule has 0 aliphatic carbocycles. The normalized spacial score (nSPS) is 23.8. The van der Waals surface area contributed by atoms with Gasteiger partial charge in [-0.3, -0.25) is 4.79 Å². The Morgan fingerprint density at radius 2 is 2.17 bits per heavy atom. The zero-order valence-corrected chi connectivity index (χ0v) is 14.4. The van der Waals surface area contributed by atoms with Crippen LogP contribution in [0.5, 0.6) is 0 Å². The molecule has 2 fully saturated rings. The molecule has 3 heterocycles. The molecule has 1 amide bonds. The summed E-state index contributed by atoms with van der Waals surface area (Å²) in [5.74, 6) is 1.56. The molecule has 0 spiro atoms. The highest BCUT2D eigenvalue weighted by molar-refractivity contribution is 8.00. The second kappa shape index (κ2) is 6.61. The van der Waals surface area contributed by atoms with Crippen molar-refractivity contribution in [2.24, 2.45) is 0 Å². The molecule has 2 saturated heterocycles. The highest BCUT2D eigenvalue weighted by Crippen LogP contribution is 2.33. The molecule has 0 radical (unpaired) electrons. The van der Waals surface area contributed by atoms with E-state index in [0.717, 1.165) is 37.5 Å². The Morgan fingerprint density at radius 3 is 3.00 bits per heavy atom. The number of amides is 1. The van der Waals surface area contributed by atoms with E-state index in [1.54, 1.807) is 0 Å². The standard InChI is InChI=1S/C18H20N2O3S/c1-12-16(17(19-23-12)13-5-3-2-4-6-13)18(21)20-8-10-24-15-11-22-9-7-14(15)20/h2-6,14-15H,7-11H2,1H3/t14-,15+/m0/s1. The van der Waals surface area contributed by atoms with Gasteiger partial charge in [0.1, 0.15) is 17.0 Å². The number of hydrogen-bond donors (Lipinski definition) is 0. The van der Waals surface area contributed by atoms with Crippen molar-refractivity contribution in [3.05, 3.63) is 41.7 Å². The van der Waals surface area contributed by atoms with Crippen molar-refractivity contribution in [3.63, 3.8) is 0 Å². The zero-order valence-electron chi connectivity index (χ0n) is 13.6.